The van der Waals surface area contributed by atoms with E-state index in [1.54, 1.807) is 0 Å². The van der Waals surface area contributed by atoms with E-state index in [4.69, 9.17) is 5.11 Å². The fourth-order valence-corrected chi connectivity index (χ4v) is 2.51. The Kier molecular flexibility index (Phi) is 4.66. The third-order valence-corrected chi connectivity index (χ3v) is 3.54. The quantitative estimate of drug-likeness (QED) is 0.827. The van der Waals surface area contributed by atoms with Crippen molar-refractivity contribution < 1.29 is 9.90 Å². The molecule has 104 valence electrons. The lowest BCUT2D eigenvalue weighted by Gasteiger charge is -2.24. The summed E-state index contributed by atoms with van der Waals surface area (Å²) in [5, 5.41) is 12.2. The number of rotatable bonds is 6. The molecule has 0 aromatic heterocycles. The molecule has 4 heteroatoms. The molecule has 0 amide bonds. The van der Waals surface area contributed by atoms with Crippen LogP contribution < -0.4 is 10.2 Å². The number of hydrogen-bond donors (Lipinski definition) is 2. The minimum absolute atomic E-state index is 0.167. The molecule has 0 spiro atoms. The predicted octanol–water partition coefficient (Wildman–Crippen LogP) is 2.95. The third kappa shape index (κ3) is 3.88. The van der Waals surface area contributed by atoms with Crippen molar-refractivity contribution in [3.63, 3.8) is 0 Å². The minimum Gasteiger partial charge on any atom is -0.481 e. The molecule has 1 unspecified atom stereocenters. The number of anilines is 2. The summed E-state index contributed by atoms with van der Waals surface area (Å²) in [7, 11) is 0. The number of para-hydroxylation sites is 2. The number of carboxylic acid groups (broad SMARTS) is 1. The summed E-state index contributed by atoms with van der Waals surface area (Å²) in [6.07, 6.45) is 3.36. The van der Waals surface area contributed by atoms with Crippen LogP contribution in [0.25, 0.3) is 0 Å². The summed E-state index contributed by atoms with van der Waals surface area (Å²) >= 11 is 0. The van der Waals surface area contributed by atoms with E-state index >= 15 is 0 Å². The van der Waals surface area contributed by atoms with Gasteiger partial charge in [0.2, 0.25) is 0 Å². The average molecular weight is 262 g/mol. The molecule has 0 aliphatic carbocycles. The minimum atomic E-state index is -0.735. The van der Waals surface area contributed by atoms with Gasteiger partial charge in [0.1, 0.15) is 0 Å². The molecule has 4 nitrogen and oxygen atoms in total. The van der Waals surface area contributed by atoms with E-state index in [9.17, 15) is 4.79 Å². The van der Waals surface area contributed by atoms with Crippen molar-refractivity contribution >= 4 is 17.3 Å². The highest BCUT2D eigenvalue weighted by Gasteiger charge is 2.16. The van der Waals surface area contributed by atoms with Crippen LogP contribution in [0.15, 0.2) is 24.3 Å². The lowest BCUT2D eigenvalue weighted by molar-refractivity contribution is -0.137. The summed E-state index contributed by atoms with van der Waals surface area (Å²) in [6.45, 7) is 4.26. The Hall–Kier alpha value is -1.71. The molecule has 1 aliphatic rings. The van der Waals surface area contributed by atoms with E-state index in [0.717, 1.165) is 18.8 Å². The Morgan fingerprint density at radius 2 is 2.05 bits per heavy atom. The maximum atomic E-state index is 10.6. The summed E-state index contributed by atoms with van der Waals surface area (Å²) in [5.74, 6) is -0.735. The van der Waals surface area contributed by atoms with E-state index in [1.165, 1.54) is 18.5 Å². The number of benzene rings is 1. The topological polar surface area (TPSA) is 52.6 Å². The zero-order valence-electron chi connectivity index (χ0n) is 11.4. The molecule has 2 rings (SSSR count). The second-order valence-corrected chi connectivity index (χ2v) is 5.19. The van der Waals surface area contributed by atoms with Crippen LogP contribution in [0.4, 0.5) is 11.4 Å². The fraction of sp³-hybridized carbons (Fsp3) is 0.533. The van der Waals surface area contributed by atoms with Gasteiger partial charge in [0, 0.05) is 25.6 Å². The highest BCUT2D eigenvalue weighted by Crippen LogP contribution is 2.29. The molecule has 1 aliphatic heterocycles. The van der Waals surface area contributed by atoms with E-state index < -0.39 is 5.97 Å². The predicted molar refractivity (Wildman–Crippen MR) is 77.8 cm³/mol. The van der Waals surface area contributed by atoms with Crippen LogP contribution in [0.5, 0.6) is 0 Å². The number of carboxylic acids is 1. The van der Waals surface area contributed by atoms with Crippen molar-refractivity contribution in [2.24, 2.45) is 0 Å². The zero-order valence-corrected chi connectivity index (χ0v) is 11.4. The first-order valence-electron chi connectivity index (χ1n) is 6.99. The second kappa shape index (κ2) is 6.45. The van der Waals surface area contributed by atoms with Crippen LogP contribution in [0, 0.1) is 0 Å². The van der Waals surface area contributed by atoms with E-state index in [2.05, 4.69) is 28.4 Å². The monoisotopic (exact) mass is 262 g/mol. The Bertz CT molecular complexity index is 428. The van der Waals surface area contributed by atoms with E-state index in [1.807, 2.05) is 13.0 Å². The molecule has 0 radical (unpaired) electrons. The van der Waals surface area contributed by atoms with Crippen molar-refractivity contribution in [3.8, 4) is 0 Å². The van der Waals surface area contributed by atoms with Gasteiger partial charge in [-0.1, -0.05) is 12.1 Å². The number of nitrogens with one attached hydrogen (secondary N) is 1. The van der Waals surface area contributed by atoms with Gasteiger partial charge in [-0.3, -0.25) is 4.79 Å². The van der Waals surface area contributed by atoms with Crippen LogP contribution in [0.3, 0.4) is 0 Å². The maximum absolute atomic E-state index is 10.6. The van der Waals surface area contributed by atoms with Gasteiger partial charge in [0.25, 0.3) is 0 Å². The summed E-state index contributed by atoms with van der Waals surface area (Å²) < 4.78 is 0. The lowest BCUT2D eigenvalue weighted by atomic mass is 10.1. The fourth-order valence-electron chi connectivity index (χ4n) is 2.51. The molecular weight excluding hydrogens is 240 g/mol. The molecule has 2 N–H and O–H groups in total. The van der Waals surface area contributed by atoms with Crippen molar-refractivity contribution in [2.45, 2.75) is 38.6 Å². The normalized spacial score (nSPS) is 16.4. The van der Waals surface area contributed by atoms with Crippen LogP contribution in [0.1, 0.15) is 32.6 Å². The van der Waals surface area contributed by atoms with Crippen molar-refractivity contribution in [3.05, 3.63) is 24.3 Å². The first-order chi connectivity index (χ1) is 9.16. The first kappa shape index (κ1) is 13.7. The largest absolute Gasteiger partial charge is 0.481 e. The Balaban J connectivity index is 2.00. The molecule has 1 aromatic carbocycles. The van der Waals surface area contributed by atoms with Gasteiger partial charge in [0.05, 0.1) is 11.4 Å². The van der Waals surface area contributed by atoms with Crippen LogP contribution in [-0.4, -0.2) is 30.2 Å². The molecular formula is C15H22N2O2. The number of nitrogens with zero attached hydrogens (tertiary/aromatic N) is 1. The van der Waals surface area contributed by atoms with Crippen LogP contribution in [0.2, 0.25) is 0 Å². The van der Waals surface area contributed by atoms with E-state index in [-0.39, 0.29) is 12.5 Å². The Morgan fingerprint density at radius 3 is 2.74 bits per heavy atom. The number of hydrogen-bond acceptors (Lipinski definition) is 3. The maximum Gasteiger partial charge on any atom is 0.303 e. The van der Waals surface area contributed by atoms with Gasteiger partial charge in [-0.2, -0.15) is 0 Å². The molecule has 1 aromatic rings. The van der Waals surface area contributed by atoms with Crippen molar-refractivity contribution in [2.75, 3.05) is 23.3 Å². The lowest BCUT2D eigenvalue weighted by Crippen LogP contribution is -2.22. The summed E-state index contributed by atoms with van der Waals surface area (Å²) in [4.78, 5) is 13.0. The molecule has 0 bridgehead atoms. The van der Waals surface area contributed by atoms with Crippen LogP contribution >= 0.6 is 0 Å². The van der Waals surface area contributed by atoms with Gasteiger partial charge in [-0.25, -0.2) is 0 Å². The standard InChI is InChI=1S/C15H22N2O2/c1-12(8-9-15(18)19)16-13-6-2-3-7-14(13)17-10-4-5-11-17/h2-3,6-7,12,16H,4-5,8-11H2,1H3,(H,18,19). The van der Waals surface area contributed by atoms with Crippen molar-refractivity contribution in [1.82, 2.24) is 0 Å². The smallest absolute Gasteiger partial charge is 0.303 e. The zero-order chi connectivity index (χ0) is 13.7. The SMILES string of the molecule is CC(CCC(=O)O)Nc1ccccc1N1CCCC1. The Labute approximate surface area is 114 Å². The molecule has 1 atom stereocenters. The Morgan fingerprint density at radius 1 is 1.37 bits per heavy atom. The molecule has 1 saturated heterocycles. The van der Waals surface area contributed by atoms with Gasteiger partial charge in [-0.05, 0) is 38.3 Å². The number of carbonyl (C=O) groups is 1. The molecule has 0 saturated carbocycles. The van der Waals surface area contributed by atoms with Gasteiger partial charge in [-0.15, -0.1) is 0 Å². The summed E-state index contributed by atoms with van der Waals surface area (Å²) in [6, 6.07) is 8.45. The average Bonchev–Trinajstić information content (AvgIpc) is 2.91. The molecule has 1 heterocycles. The first-order valence-corrected chi connectivity index (χ1v) is 6.99. The number of aliphatic carboxylic acids is 1. The third-order valence-electron chi connectivity index (χ3n) is 3.54. The van der Waals surface area contributed by atoms with Gasteiger partial charge in [0.15, 0.2) is 0 Å². The van der Waals surface area contributed by atoms with Crippen molar-refractivity contribution in [1.29, 1.82) is 0 Å². The highest BCUT2D eigenvalue weighted by atomic mass is 16.4. The molecule has 1 fully saturated rings. The van der Waals surface area contributed by atoms with Gasteiger partial charge < -0.3 is 15.3 Å². The molecule has 19 heavy (non-hydrogen) atoms. The van der Waals surface area contributed by atoms with Crippen LogP contribution in [-0.2, 0) is 4.79 Å². The second-order valence-electron chi connectivity index (χ2n) is 5.19. The highest BCUT2D eigenvalue weighted by molar-refractivity contribution is 5.71. The van der Waals surface area contributed by atoms with Gasteiger partial charge >= 0.3 is 5.97 Å². The summed E-state index contributed by atoms with van der Waals surface area (Å²) in [5.41, 5.74) is 2.35. The van der Waals surface area contributed by atoms with E-state index in [0.29, 0.717) is 6.42 Å².